The van der Waals surface area contributed by atoms with Gasteiger partial charge in [-0.25, -0.2) is 4.98 Å². The van der Waals surface area contributed by atoms with Crippen LogP contribution < -0.4 is 4.74 Å². The summed E-state index contributed by atoms with van der Waals surface area (Å²) in [6.07, 6.45) is 0.887. The number of nitrogens with zero attached hydrogens (tertiary/aromatic N) is 2. The Morgan fingerprint density at radius 1 is 1.15 bits per heavy atom. The van der Waals surface area contributed by atoms with Crippen molar-refractivity contribution in [3.63, 3.8) is 0 Å². The minimum atomic E-state index is 0.549. The van der Waals surface area contributed by atoms with Crippen molar-refractivity contribution in [2.75, 3.05) is 6.61 Å². The van der Waals surface area contributed by atoms with Gasteiger partial charge in [0, 0.05) is 16.5 Å². The predicted molar refractivity (Wildman–Crippen MR) is 110 cm³/mol. The number of aryl methyl sites for hydroxylation is 2. The lowest BCUT2D eigenvalue weighted by atomic mass is 10.0. The quantitative estimate of drug-likeness (QED) is 0.428. The second-order valence-corrected chi connectivity index (χ2v) is 7.29. The summed E-state index contributed by atoms with van der Waals surface area (Å²) < 4.78 is 7.70. The van der Waals surface area contributed by atoms with Crippen molar-refractivity contribution in [2.45, 2.75) is 20.8 Å². The number of para-hydroxylation sites is 1. The van der Waals surface area contributed by atoms with Crippen LogP contribution in [0.4, 0.5) is 0 Å². The first-order valence-corrected chi connectivity index (χ1v) is 9.77. The second kappa shape index (κ2) is 7.00. The summed E-state index contributed by atoms with van der Waals surface area (Å²) in [6, 6.07) is 14.1. The highest BCUT2D eigenvalue weighted by molar-refractivity contribution is 7.15. The maximum absolute atomic E-state index is 12.1. The highest BCUT2D eigenvalue weighted by atomic mass is 32.1. The van der Waals surface area contributed by atoms with Gasteiger partial charge < -0.3 is 4.74 Å². The molecule has 0 spiro atoms. The Bertz CT molecular complexity index is 1140. The van der Waals surface area contributed by atoms with E-state index >= 15 is 0 Å². The zero-order chi connectivity index (χ0) is 19.0. The molecule has 0 aliphatic carbocycles. The number of fused-ring (bicyclic) bond motifs is 1. The first kappa shape index (κ1) is 17.5. The first-order valence-electron chi connectivity index (χ1n) is 8.89. The molecule has 4 aromatic rings. The number of rotatable bonds is 5. The number of carbonyl (C=O) groups excluding carboxylic acids is 1. The van der Waals surface area contributed by atoms with Crippen LogP contribution in [-0.4, -0.2) is 22.3 Å². The van der Waals surface area contributed by atoms with Crippen molar-refractivity contribution in [3.05, 3.63) is 64.7 Å². The minimum absolute atomic E-state index is 0.549. The molecule has 4 rings (SSSR count). The molecule has 0 saturated carbocycles. The van der Waals surface area contributed by atoms with Crippen LogP contribution in [0.15, 0.2) is 47.8 Å². The van der Waals surface area contributed by atoms with Crippen LogP contribution in [0.25, 0.3) is 27.5 Å². The summed E-state index contributed by atoms with van der Waals surface area (Å²) in [7, 11) is 0. The summed E-state index contributed by atoms with van der Waals surface area (Å²) in [4.78, 5) is 17.6. The number of carbonyl (C=O) groups is 1. The number of aromatic nitrogens is 2. The highest BCUT2D eigenvalue weighted by Crippen LogP contribution is 2.36. The molecular formula is C22H20N2O2S. The molecule has 2 heterocycles. The fourth-order valence-electron chi connectivity index (χ4n) is 3.42. The van der Waals surface area contributed by atoms with E-state index in [1.54, 1.807) is 0 Å². The Labute approximate surface area is 162 Å². The van der Waals surface area contributed by atoms with Crippen LogP contribution in [0.3, 0.4) is 0 Å². The molecule has 0 fully saturated rings. The van der Waals surface area contributed by atoms with Crippen LogP contribution in [0.2, 0.25) is 0 Å². The second-order valence-electron chi connectivity index (χ2n) is 6.45. The minimum Gasteiger partial charge on any atom is -0.493 e. The summed E-state index contributed by atoms with van der Waals surface area (Å²) in [6.45, 7) is 6.68. The van der Waals surface area contributed by atoms with E-state index < -0.39 is 0 Å². The van der Waals surface area contributed by atoms with Gasteiger partial charge in [0.05, 0.1) is 12.3 Å². The zero-order valence-corrected chi connectivity index (χ0v) is 16.3. The molecule has 0 amide bonds. The Morgan fingerprint density at radius 3 is 2.70 bits per heavy atom. The van der Waals surface area contributed by atoms with Crippen molar-refractivity contribution in [2.24, 2.45) is 0 Å². The van der Waals surface area contributed by atoms with E-state index in [1.807, 2.05) is 35.6 Å². The lowest BCUT2D eigenvalue weighted by Crippen LogP contribution is -1.98. The van der Waals surface area contributed by atoms with Gasteiger partial charge >= 0.3 is 0 Å². The molecule has 136 valence electrons. The molecular weight excluding hydrogens is 356 g/mol. The van der Waals surface area contributed by atoms with E-state index in [9.17, 15) is 4.79 Å². The van der Waals surface area contributed by atoms with Gasteiger partial charge in [-0.1, -0.05) is 35.9 Å². The fourth-order valence-corrected chi connectivity index (χ4v) is 4.32. The molecule has 4 nitrogen and oxygen atoms in total. The highest BCUT2D eigenvalue weighted by Gasteiger charge is 2.21. The zero-order valence-electron chi connectivity index (χ0n) is 15.5. The average molecular weight is 376 g/mol. The monoisotopic (exact) mass is 376 g/mol. The molecule has 0 unspecified atom stereocenters. The lowest BCUT2D eigenvalue weighted by molar-refractivity contribution is 0.111. The molecule has 27 heavy (non-hydrogen) atoms. The third-order valence-electron chi connectivity index (χ3n) is 4.61. The number of hydrogen-bond acceptors (Lipinski definition) is 4. The first-order chi connectivity index (χ1) is 13.1. The molecule has 0 atom stereocenters. The topological polar surface area (TPSA) is 43.6 Å². The normalized spacial score (nSPS) is 11.1. The maximum atomic E-state index is 12.1. The van der Waals surface area contributed by atoms with E-state index in [0.717, 1.165) is 33.8 Å². The number of thiazole rings is 1. The fraction of sp³-hybridized carbons (Fsp3) is 0.182. The van der Waals surface area contributed by atoms with E-state index in [2.05, 4.69) is 37.4 Å². The van der Waals surface area contributed by atoms with Gasteiger partial charge in [-0.15, -0.1) is 11.3 Å². The Kier molecular flexibility index (Phi) is 4.54. The van der Waals surface area contributed by atoms with E-state index in [4.69, 9.17) is 9.72 Å². The standard InChI is InChI=1S/C22H20N2O2S/c1-4-26-20-8-6-5-7-17(20)21-18(12-25)24-19(13-27-22(24)23-21)16-10-9-14(2)11-15(16)3/h5-13H,4H2,1-3H3. The Hall–Kier alpha value is -2.92. The number of hydrogen-bond donors (Lipinski definition) is 0. The van der Waals surface area contributed by atoms with Crippen LogP contribution in [-0.2, 0) is 0 Å². The Morgan fingerprint density at radius 2 is 1.96 bits per heavy atom. The molecule has 2 aromatic carbocycles. The van der Waals surface area contributed by atoms with E-state index in [-0.39, 0.29) is 0 Å². The Balaban J connectivity index is 1.96. The van der Waals surface area contributed by atoms with E-state index in [0.29, 0.717) is 18.0 Å². The van der Waals surface area contributed by atoms with Gasteiger partial charge in [0.25, 0.3) is 0 Å². The van der Waals surface area contributed by atoms with Crippen LogP contribution in [0, 0.1) is 13.8 Å². The maximum Gasteiger partial charge on any atom is 0.195 e. The van der Waals surface area contributed by atoms with Gasteiger partial charge in [0.2, 0.25) is 0 Å². The molecule has 0 radical (unpaired) electrons. The van der Waals surface area contributed by atoms with Crippen molar-refractivity contribution in [1.82, 2.24) is 9.38 Å². The van der Waals surface area contributed by atoms with Gasteiger partial charge in [-0.2, -0.15) is 0 Å². The summed E-state index contributed by atoms with van der Waals surface area (Å²) >= 11 is 1.54. The number of aldehydes is 1. The van der Waals surface area contributed by atoms with Crippen molar-refractivity contribution < 1.29 is 9.53 Å². The van der Waals surface area contributed by atoms with Crippen molar-refractivity contribution in [3.8, 4) is 28.3 Å². The largest absolute Gasteiger partial charge is 0.493 e. The molecule has 2 aromatic heterocycles. The van der Waals surface area contributed by atoms with Crippen LogP contribution in [0.1, 0.15) is 28.5 Å². The smallest absolute Gasteiger partial charge is 0.195 e. The third kappa shape index (κ3) is 2.94. The molecule has 0 aliphatic rings. The number of imidazole rings is 1. The summed E-state index contributed by atoms with van der Waals surface area (Å²) in [5.74, 6) is 0.738. The van der Waals surface area contributed by atoms with E-state index in [1.165, 1.54) is 22.5 Å². The van der Waals surface area contributed by atoms with Crippen LogP contribution >= 0.6 is 11.3 Å². The number of benzene rings is 2. The molecule has 5 heteroatoms. The third-order valence-corrected chi connectivity index (χ3v) is 5.44. The van der Waals surface area contributed by atoms with Gasteiger partial charge in [-0.05, 0) is 38.5 Å². The van der Waals surface area contributed by atoms with Gasteiger partial charge in [0.1, 0.15) is 17.1 Å². The molecule has 0 aliphatic heterocycles. The predicted octanol–water partition coefficient (Wildman–Crippen LogP) is 5.56. The summed E-state index contributed by atoms with van der Waals surface area (Å²) in [5, 5.41) is 2.06. The van der Waals surface area contributed by atoms with Crippen molar-refractivity contribution in [1.29, 1.82) is 0 Å². The molecule has 0 N–H and O–H groups in total. The van der Waals surface area contributed by atoms with Gasteiger partial charge in [-0.3, -0.25) is 9.20 Å². The molecule has 0 bridgehead atoms. The van der Waals surface area contributed by atoms with Crippen LogP contribution in [0.5, 0.6) is 5.75 Å². The van der Waals surface area contributed by atoms with Gasteiger partial charge in [0.15, 0.2) is 11.2 Å². The number of ether oxygens (including phenoxy) is 1. The SMILES string of the molecule is CCOc1ccccc1-c1nc2scc(-c3ccc(C)cc3C)n2c1C=O. The molecule has 0 saturated heterocycles. The van der Waals surface area contributed by atoms with Crippen molar-refractivity contribution >= 4 is 22.6 Å². The lowest BCUT2D eigenvalue weighted by Gasteiger charge is -2.09. The summed E-state index contributed by atoms with van der Waals surface area (Å²) in [5.41, 5.74) is 6.54. The average Bonchev–Trinajstić information content (AvgIpc) is 3.22.